The first kappa shape index (κ1) is 26.1. The van der Waals surface area contributed by atoms with Crippen molar-refractivity contribution in [2.24, 2.45) is 13.0 Å². The molecule has 3 atom stereocenters. The van der Waals surface area contributed by atoms with Crippen LogP contribution in [0.25, 0.3) is 0 Å². The molecule has 1 fully saturated rings. The number of amides is 1. The lowest BCUT2D eigenvalue weighted by Gasteiger charge is -2.29. The molecule has 1 heterocycles. The second-order valence-corrected chi connectivity index (χ2v) is 11.6. The van der Waals surface area contributed by atoms with Gasteiger partial charge >= 0.3 is 0 Å². The first-order valence-electron chi connectivity index (χ1n) is 13.3. The van der Waals surface area contributed by atoms with Crippen LogP contribution in [-0.4, -0.2) is 15.5 Å². The van der Waals surface area contributed by atoms with E-state index in [1.54, 1.807) is 18.3 Å². The summed E-state index contributed by atoms with van der Waals surface area (Å²) in [6.07, 6.45) is 7.43. The van der Waals surface area contributed by atoms with Gasteiger partial charge in [0.25, 0.3) is 0 Å². The number of anilines is 1. The fraction of sp³-hybridized carbons (Fsp3) is 0.290. The van der Waals surface area contributed by atoms with Crippen LogP contribution in [0.4, 0.5) is 10.1 Å². The van der Waals surface area contributed by atoms with Crippen LogP contribution < -0.4 is 9.62 Å². The smallest absolute Gasteiger partial charge is 0.231 e. The molecule has 1 amide bonds. The van der Waals surface area contributed by atoms with Gasteiger partial charge in [0.2, 0.25) is 5.91 Å². The van der Waals surface area contributed by atoms with Crippen LogP contribution >= 0.6 is 23.5 Å². The molecule has 0 bridgehead atoms. The molecular formula is C31H30ClFN4OS. The summed E-state index contributed by atoms with van der Waals surface area (Å²) in [6.45, 7) is 0.384. The normalized spacial score (nSPS) is 19.9. The third-order valence-corrected chi connectivity index (χ3v) is 9.10. The topological polar surface area (TPSA) is 50.2 Å². The Bertz CT molecular complexity index is 1510. The molecule has 8 heteroatoms. The average molecular weight is 561 g/mol. The number of hydrogen-bond acceptors (Lipinski definition) is 4. The SMILES string of the molecule is Cn1ccnc1CN(C(=O)C1CC1c1ccccc1Cl)c1ccc2c(c1)C(NSc1ccccc1F)CCC2. The van der Waals surface area contributed by atoms with Crippen molar-refractivity contribution in [3.63, 3.8) is 0 Å². The number of carbonyl (C=O) groups excluding carboxylic acids is 1. The molecule has 3 aromatic carbocycles. The zero-order valence-corrected chi connectivity index (χ0v) is 23.3. The van der Waals surface area contributed by atoms with E-state index in [0.717, 1.165) is 42.8 Å². The largest absolute Gasteiger partial charge is 0.337 e. The van der Waals surface area contributed by atoms with Crippen LogP contribution in [0, 0.1) is 11.7 Å². The summed E-state index contributed by atoms with van der Waals surface area (Å²) < 4.78 is 19.7. The van der Waals surface area contributed by atoms with Crippen LogP contribution in [0.2, 0.25) is 5.02 Å². The highest BCUT2D eigenvalue weighted by Gasteiger charge is 2.47. The van der Waals surface area contributed by atoms with Gasteiger partial charge < -0.3 is 9.47 Å². The summed E-state index contributed by atoms with van der Waals surface area (Å²) in [5.74, 6) is 0.680. The number of hydrogen-bond donors (Lipinski definition) is 1. The Morgan fingerprint density at radius 3 is 2.77 bits per heavy atom. The van der Waals surface area contributed by atoms with Gasteiger partial charge in [-0.25, -0.2) is 9.37 Å². The molecule has 0 saturated heterocycles. The highest BCUT2D eigenvalue weighted by Crippen LogP contribution is 2.51. The van der Waals surface area contributed by atoms with Gasteiger partial charge in [0.15, 0.2) is 0 Å². The van der Waals surface area contributed by atoms with Crippen LogP contribution in [0.1, 0.15) is 53.7 Å². The Hall–Kier alpha value is -3.13. The number of aryl methyl sites for hydroxylation is 2. The second kappa shape index (κ2) is 11.2. The lowest BCUT2D eigenvalue weighted by Crippen LogP contribution is -2.33. The minimum absolute atomic E-state index is 0.0558. The van der Waals surface area contributed by atoms with Crippen molar-refractivity contribution >= 4 is 35.1 Å². The fourth-order valence-electron chi connectivity index (χ4n) is 5.51. The standard InChI is InChI=1S/C31H30ClFN4OS/c1-36-16-15-34-30(36)19-37(31(38)25-18-24(25)22-8-2-3-9-26(22)32)21-14-13-20-7-6-11-28(23(20)17-21)35-39-29-12-5-4-10-27(29)33/h2-5,8-10,12-17,24-25,28,35H,6-7,11,18-19H2,1H3. The fourth-order valence-corrected chi connectivity index (χ4v) is 6.62. The van der Waals surface area contributed by atoms with Gasteiger partial charge in [-0.2, -0.15) is 0 Å². The second-order valence-electron chi connectivity index (χ2n) is 10.3. The van der Waals surface area contributed by atoms with Gasteiger partial charge in [0.05, 0.1) is 11.4 Å². The minimum Gasteiger partial charge on any atom is -0.337 e. The summed E-state index contributed by atoms with van der Waals surface area (Å²) in [7, 11) is 1.95. The molecule has 2 aliphatic rings. The monoisotopic (exact) mass is 560 g/mol. The van der Waals surface area contributed by atoms with E-state index in [1.807, 2.05) is 53.0 Å². The van der Waals surface area contributed by atoms with Gasteiger partial charge in [0, 0.05) is 42.1 Å². The molecule has 1 saturated carbocycles. The van der Waals surface area contributed by atoms with Gasteiger partial charge in [-0.3, -0.25) is 9.52 Å². The number of carbonyl (C=O) groups is 1. The number of fused-ring (bicyclic) bond motifs is 1. The van der Waals surface area contributed by atoms with Crippen molar-refractivity contribution in [1.29, 1.82) is 0 Å². The quantitative estimate of drug-likeness (QED) is 0.231. The Kier molecular flexibility index (Phi) is 7.47. The van der Waals surface area contributed by atoms with E-state index in [1.165, 1.54) is 29.1 Å². The molecule has 3 unspecified atom stereocenters. The van der Waals surface area contributed by atoms with E-state index in [4.69, 9.17) is 11.6 Å². The molecule has 5 nitrogen and oxygen atoms in total. The predicted octanol–water partition coefficient (Wildman–Crippen LogP) is 7.22. The average Bonchev–Trinajstić information content (AvgIpc) is 3.64. The molecule has 39 heavy (non-hydrogen) atoms. The zero-order valence-electron chi connectivity index (χ0n) is 21.7. The van der Waals surface area contributed by atoms with Crippen LogP contribution in [-0.2, 0) is 24.8 Å². The van der Waals surface area contributed by atoms with Crippen molar-refractivity contribution in [1.82, 2.24) is 14.3 Å². The van der Waals surface area contributed by atoms with E-state index in [0.29, 0.717) is 16.5 Å². The first-order chi connectivity index (χ1) is 19.0. The lowest BCUT2D eigenvalue weighted by atomic mass is 9.87. The maximum atomic E-state index is 14.3. The van der Waals surface area contributed by atoms with Gasteiger partial charge in [0.1, 0.15) is 11.6 Å². The number of rotatable bonds is 8. The van der Waals surface area contributed by atoms with Crippen molar-refractivity contribution in [2.75, 3.05) is 4.90 Å². The lowest BCUT2D eigenvalue weighted by molar-refractivity contribution is -0.120. The van der Waals surface area contributed by atoms with Crippen LogP contribution in [0.5, 0.6) is 0 Å². The van der Waals surface area contributed by atoms with E-state index < -0.39 is 0 Å². The molecule has 200 valence electrons. The minimum atomic E-state index is -0.232. The molecule has 1 N–H and O–H groups in total. The predicted molar refractivity (Wildman–Crippen MR) is 154 cm³/mol. The summed E-state index contributed by atoms with van der Waals surface area (Å²) in [6, 6.07) is 21.0. The Morgan fingerprint density at radius 1 is 1.15 bits per heavy atom. The third kappa shape index (κ3) is 5.49. The first-order valence-corrected chi connectivity index (χ1v) is 14.5. The third-order valence-electron chi connectivity index (χ3n) is 7.80. The molecule has 4 aromatic rings. The number of benzene rings is 3. The zero-order chi connectivity index (χ0) is 26.9. The summed E-state index contributed by atoms with van der Waals surface area (Å²) in [5.41, 5.74) is 4.32. The molecule has 2 aliphatic carbocycles. The molecule has 0 radical (unpaired) electrons. The van der Waals surface area contributed by atoms with E-state index in [9.17, 15) is 9.18 Å². The molecule has 0 spiro atoms. The highest BCUT2D eigenvalue weighted by molar-refractivity contribution is 7.97. The van der Waals surface area contributed by atoms with Crippen LogP contribution in [0.3, 0.4) is 0 Å². The molecular weight excluding hydrogens is 531 g/mol. The summed E-state index contributed by atoms with van der Waals surface area (Å²) >= 11 is 7.80. The van der Waals surface area contributed by atoms with E-state index in [-0.39, 0.29) is 29.6 Å². The number of halogens is 2. The van der Waals surface area contributed by atoms with Gasteiger partial charge in [-0.05, 0) is 90.6 Å². The number of imidazole rings is 1. The molecule has 1 aromatic heterocycles. The maximum absolute atomic E-state index is 14.3. The Labute approximate surface area is 237 Å². The Morgan fingerprint density at radius 2 is 1.97 bits per heavy atom. The van der Waals surface area contributed by atoms with Crippen LogP contribution in [0.15, 0.2) is 84.0 Å². The van der Waals surface area contributed by atoms with Crippen molar-refractivity contribution in [3.8, 4) is 0 Å². The van der Waals surface area contributed by atoms with E-state index >= 15 is 0 Å². The van der Waals surface area contributed by atoms with E-state index in [2.05, 4.69) is 27.9 Å². The van der Waals surface area contributed by atoms with Gasteiger partial charge in [-0.15, -0.1) is 0 Å². The highest BCUT2D eigenvalue weighted by atomic mass is 35.5. The molecule has 6 rings (SSSR count). The van der Waals surface area contributed by atoms with Crippen molar-refractivity contribution in [3.05, 3.63) is 112 Å². The number of nitrogens with zero attached hydrogens (tertiary/aromatic N) is 3. The summed E-state index contributed by atoms with van der Waals surface area (Å²) in [4.78, 5) is 21.0. The van der Waals surface area contributed by atoms with Crippen molar-refractivity contribution in [2.45, 2.75) is 49.1 Å². The maximum Gasteiger partial charge on any atom is 0.231 e. The summed E-state index contributed by atoms with van der Waals surface area (Å²) in [5, 5.41) is 0.712. The molecule has 0 aliphatic heterocycles. The Balaban J connectivity index is 1.29. The van der Waals surface area contributed by atoms with Crippen molar-refractivity contribution < 1.29 is 9.18 Å². The van der Waals surface area contributed by atoms with Gasteiger partial charge in [-0.1, -0.05) is 48.0 Å². The number of aromatic nitrogens is 2. The number of nitrogens with one attached hydrogen (secondary N) is 1.